The van der Waals surface area contributed by atoms with Gasteiger partial charge in [0, 0.05) is 5.39 Å². The van der Waals surface area contributed by atoms with Crippen LogP contribution < -0.4 is 0 Å². The number of hydrogen-bond acceptors (Lipinski definition) is 3. The average molecular weight is 279 g/mol. The number of hydrogen-bond donors (Lipinski definition) is 0. The lowest BCUT2D eigenvalue weighted by atomic mass is 10.2. The quantitative estimate of drug-likeness (QED) is 0.408. The molecule has 98 valence electrons. The molecule has 0 unspecified atom stereocenters. The standard InChI is InChI=1S/C16H13N3S/c1-2-20-16-18-12-8-4-3-7-11(12)15-17-13-9-5-6-10-14(13)19(15)16/h3-10H,2H2,1H3. The first kappa shape index (κ1) is 11.7. The van der Waals surface area contributed by atoms with E-state index >= 15 is 0 Å². The molecule has 4 heteroatoms. The highest BCUT2D eigenvalue weighted by molar-refractivity contribution is 7.99. The molecular weight excluding hydrogens is 266 g/mol. The van der Waals surface area contributed by atoms with Crippen LogP contribution in [0.15, 0.2) is 53.7 Å². The van der Waals surface area contributed by atoms with Crippen LogP contribution in [0.2, 0.25) is 0 Å². The molecule has 0 aliphatic heterocycles. The van der Waals surface area contributed by atoms with E-state index in [4.69, 9.17) is 9.97 Å². The zero-order valence-corrected chi connectivity index (χ0v) is 11.9. The van der Waals surface area contributed by atoms with Crippen LogP contribution in [0.3, 0.4) is 0 Å². The second-order valence-electron chi connectivity index (χ2n) is 4.60. The Balaban J connectivity index is 2.26. The molecule has 2 aromatic heterocycles. The molecule has 0 aliphatic carbocycles. The Bertz CT molecular complexity index is 927. The molecule has 4 rings (SSSR count). The highest BCUT2D eigenvalue weighted by atomic mass is 32.2. The summed E-state index contributed by atoms with van der Waals surface area (Å²) in [6, 6.07) is 16.4. The van der Waals surface area contributed by atoms with Gasteiger partial charge in [0.15, 0.2) is 5.16 Å². The van der Waals surface area contributed by atoms with Crippen LogP contribution in [0.5, 0.6) is 0 Å². The second-order valence-corrected chi connectivity index (χ2v) is 5.84. The summed E-state index contributed by atoms with van der Waals surface area (Å²) in [6.07, 6.45) is 0. The largest absolute Gasteiger partial charge is 0.271 e. The van der Waals surface area contributed by atoms with Crippen LogP contribution >= 0.6 is 11.8 Å². The van der Waals surface area contributed by atoms with Gasteiger partial charge < -0.3 is 0 Å². The van der Waals surface area contributed by atoms with Gasteiger partial charge in [0.05, 0.1) is 16.6 Å². The van der Waals surface area contributed by atoms with Crippen molar-refractivity contribution in [3.63, 3.8) is 0 Å². The second kappa shape index (κ2) is 4.49. The van der Waals surface area contributed by atoms with Crippen molar-refractivity contribution in [2.45, 2.75) is 12.1 Å². The molecular formula is C16H13N3S. The highest BCUT2D eigenvalue weighted by Gasteiger charge is 2.12. The van der Waals surface area contributed by atoms with Gasteiger partial charge in [-0.15, -0.1) is 0 Å². The van der Waals surface area contributed by atoms with Crippen LogP contribution in [0, 0.1) is 0 Å². The smallest absolute Gasteiger partial charge is 0.174 e. The molecule has 2 aromatic carbocycles. The minimum absolute atomic E-state index is 0.993. The molecule has 0 bridgehead atoms. The van der Waals surface area contributed by atoms with E-state index in [1.807, 2.05) is 24.3 Å². The zero-order chi connectivity index (χ0) is 13.5. The van der Waals surface area contributed by atoms with Crippen molar-refractivity contribution < 1.29 is 0 Å². The van der Waals surface area contributed by atoms with E-state index in [1.54, 1.807) is 11.8 Å². The number of thioether (sulfide) groups is 1. The third-order valence-corrected chi connectivity index (χ3v) is 4.21. The average Bonchev–Trinajstić information content (AvgIpc) is 2.87. The maximum absolute atomic E-state index is 4.80. The number of nitrogens with zero attached hydrogens (tertiary/aromatic N) is 3. The van der Waals surface area contributed by atoms with Gasteiger partial charge in [-0.25, -0.2) is 9.97 Å². The monoisotopic (exact) mass is 279 g/mol. The lowest BCUT2D eigenvalue weighted by molar-refractivity contribution is 0.953. The van der Waals surface area contributed by atoms with Crippen molar-refractivity contribution >= 4 is 39.3 Å². The third-order valence-electron chi connectivity index (χ3n) is 3.39. The van der Waals surface area contributed by atoms with E-state index in [1.165, 1.54) is 0 Å². The topological polar surface area (TPSA) is 30.2 Å². The summed E-state index contributed by atoms with van der Waals surface area (Å²) in [6.45, 7) is 2.15. The fraction of sp³-hybridized carbons (Fsp3) is 0.125. The fourth-order valence-corrected chi connectivity index (χ4v) is 3.27. The van der Waals surface area contributed by atoms with Gasteiger partial charge in [0.2, 0.25) is 0 Å². The van der Waals surface area contributed by atoms with Crippen LogP contribution in [0.1, 0.15) is 6.92 Å². The number of fused-ring (bicyclic) bond motifs is 5. The summed E-state index contributed by atoms with van der Waals surface area (Å²) in [5.41, 5.74) is 4.14. The van der Waals surface area contributed by atoms with Gasteiger partial charge in [0.1, 0.15) is 5.65 Å². The Labute approximate surface area is 120 Å². The molecule has 2 heterocycles. The number of para-hydroxylation sites is 3. The minimum Gasteiger partial charge on any atom is -0.271 e. The van der Waals surface area contributed by atoms with E-state index in [0.717, 1.165) is 38.5 Å². The summed E-state index contributed by atoms with van der Waals surface area (Å²) >= 11 is 1.75. The van der Waals surface area contributed by atoms with Gasteiger partial charge in [-0.05, 0) is 30.0 Å². The van der Waals surface area contributed by atoms with Crippen molar-refractivity contribution in [2.24, 2.45) is 0 Å². The van der Waals surface area contributed by atoms with Gasteiger partial charge in [-0.2, -0.15) is 0 Å². The van der Waals surface area contributed by atoms with Gasteiger partial charge in [0.25, 0.3) is 0 Å². The maximum atomic E-state index is 4.80. The minimum atomic E-state index is 0.993. The first-order chi connectivity index (χ1) is 9.88. The normalized spacial score (nSPS) is 11.7. The molecule has 0 amide bonds. The van der Waals surface area contributed by atoms with Crippen molar-refractivity contribution in [3.05, 3.63) is 48.5 Å². The Morgan fingerprint density at radius 1 is 0.950 bits per heavy atom. The number of imidazole rings is 1. The molecule has 0 saturated heterocycles. The highest BCUT2D eigenvalue weighted by Crippen LogP contribution is 2.28. The molecule has 0 radical (unpaired) electrons. The molecule has 3 nitrogen and oxygen atoms in total. The molecule has 0 aliphatic rings. The molecule has 0 spiro atoms. The van der Waals surface area contributed by atoms with E-state index in [-0.39, 0.29) is 0 Å². The third kappa shape index (κ3) is 1.61. The fourth-order valence-electron chi connectivity index (χ4n) is 2.54. The van der Waals surface area contributed by atoms with Gasteiger partial charge in [-0.3, -0.25) is 4.40 Å². The Morgan fingerprint density at radius 3 is 2.55 bits per heavy atom. The lowest BCUT2D eigenvalue weighted by Crippen LogP contribution is -1.96. The molecule has 0 saturated carbocycles. The zero-order valence-electron chi connectivity index (χ0n) is 11.1. The lowest BCUT2D eigenvalue weighted by Gasteiger charge is -2.06. The number of aromatic nitrogens is 3. The van der Waals surface area contributed by atoms with Crippen LogP contribution in [-0.4, -0.2) is 20.1 Å². The molecule has 0 fully saturated rings. The molecule has 4 aromatic rings. The molecule has 20 heavy (non-hydrogen) atoms. The van der Waals surface area contributed by atoms with Crippen LogP contribution in [0.25, 0.3) is 27.6 Å². The van der Waals surface area contributed by atoms with Crippen molar-refractivity contribution in [3.8, 4) is 0 Å². The Kier molecular flexibility index (Phi) is 2.63. The van der Waals surface area contributed by atoms with Crippen molar-refractivity contribution in [1.82, 2.24) is 14.4 Å². The van der Waals surface area contributed by atoms with Crippen molar-refractivity contribution in [1.29, 1.82) is 0 Å². The van der Waals surface area contributed by atoms with Gasteiger partial charge in [-0.1, -0.05) is 43.0 Å². The van der Waals surface area contributed by atoms with Crippen LogP contribution in [0.4, 0.5) is 0 Å². The predicted molar refractivity (Wildman–Crippen MR) is 84.4 cm³/mol. The number of rotatable bonds is 2. The van der Waals surface area contributed by atoms with E-state index in [9.17, 15) is 0 Å². The Hall–Kier alpha value is -2.07. The SMILES string of the molecule is CCSc1nc2ccccc2c2nc3ccccc3n12. The number of benzene rings is 2. The summed E-state index contributed by atoms with van der Waals surface area (Å²) in [7, 11) is 0. The summed E-state index contributed by atoms with van der Waals surface area (Å²) < 4.78 is 2.17. The van der Waals surface area contributed by atoms with E-state index < -0.39 is 0 Å². The van der Waals surface area contributed by atoms with E-state index in [2.05, 4.69) is 35.6 Å². The predicted octanol–water partition coefficient (Wildman–Crippen LogP) is 4.15. The Morgan fingerprint density at radius 2 is 1.70 bits per heavy atom. The van der Waals surface area contributed by atoms with E-state index in [0.29, 0.717) is 0 Å². The van der Waals surface area contributed by atoms with Gasteiger partial charge >= 0.3 is 0 Å². The van der Waals surface area contributed by atoms with Crippen LogP contribution in [-0.2, 0) is 0 Å². The molecule has 0 atom stereocenters. The first-order valence-corrected chi connectivity index (χ1v) is 7.66. The molecule has 0 N–H and O–H groups in total. The maximum Gasteiger partial charge on any atom is 0.174 e. The summed E-state index contributed by atoms with van der Waals surface area (Å²) in [4.78, 5) is 9.60. The summed E-state index contributed by atoms with van der Waals surface area (Å²) in [5.74, 6) is 0.993. The first-order valence-electron chi connectivity index (χ1n) is 6.67. The van der Waals surface area contributed by atoms with Crippen molar-refractivity contribution in [2.75, 3.05) is 5.75 Å². The summed E-state index contributed by atoms with van der Waals surface area (Å²) in [5, 5.41) is 2.11.